The molecule has 0 aliphatic carbocycles. The zero-order valence-electron chi connectivity index (χ0n) is 15.8. The molecule has 0 saturated heterocycles. The molecule has 1 aromatic rings. The first kappa shape index (κ1) is 24.1. The van der Waals surface area contributed by atoms with Gasteiger partial charge in [-0.3, -0.25) is 4.79 Å². The van der Waals surface area contributed by atoms with Gasteiger partial charge in [0.25, 0.3) is 0 Å². The van der Waals surface area contributed by atoms with E-state index in [1.807, 2.05) is 4.57 Å². The van der Waals surface area contributed by atoms with E-state index in [1.54, 1.807) is 13.1 Å². The largest absolute Gasteiger partial charge is 1.00 e. The van der Waals surface area contributed by atoms with Crippen molar-refractivity contribution >= 4 is 6.29 Å². The summed E-state index contributed by atoms with van der Waals surface area (Å²) in [5, 5.41) is 19.4. The fourth-order valence-corrected chi connectivity index (χ4v) is 3.10. The number of hydrogen-bond acceptors (Lipinski definition) is 3. The highest BCUT2D eigenvalue weighted by molar-refractivity contribution is 5.81. The second kappa shape index (κ2) is 14.3. The lowest BCUT2D eigenvalue weighted by molar-refractivity contribution is -0.704. The van der Waals surface area contributed by atoms with Crippen molar-refractivity contribution in [3.05, 3.63) is 23.0 Å². The quantitative estimate of drug-likeness (QED) is 0.289. The Morgan fingerprint density at radius 1 is 1.00 bits per heavy atom. The van der Waals surface area contributed by atoms with E-state index in [-0.39, 0.29) is 34.9 Å². The Morgan fingerprint density at radius 3 is 2.00 bits per heavy atom. The molecule has 144 valence electrons. The molecule has 1 aromatic heterocycles. The molecule has 0 aliphatic rings. The number of halogens is 1. The van der Waals surface area contributed by atoms with E-state index < -0.39 is 0 Å². The first-order valence-corrected chi connectivity index (χ1v) is 9.46. The van der Waals surface area contributed by atoms with E-state index in [2.05, 4.69) is 6.92 Å². The molecule has 0 atom stereocenters. The second-order valence-electron chi connectivity index (χ2n) is 6.65. The minimum absolute atomic E-state index is 0. The normalized spacial score (nSPS) is 10.5. The fourth-order valence-electron chi connectivity index (χ4n) is 3.10. The molecule has 0 aromatic carbocycles. The van der Waals surface area contributed by atoms with Gasteiger partial charge < -0.3 is 27.2 Å². The number of rotatable bonds is 13. The van der Waals surface area contributed by atoms with Gasteiger partial charge in [0.1, 0.15) is 6.54 Å². The summed E-state index contributed by atoms with van der Waals surface area (Å²) in [6, 6.07) is 0. The monoisotopic (exact) mass is 415 g/mol. The van der Waals surface area contributed by atoms with Crippen LogP contribution in [0.25, 0.3) is 0 Å². The maximum absolute atomic E-state index is 11.0. The van der Waals surface area contributed by atoms with Crippen molar-refractivity contribution in [2.45, 2.75) is 91.2 Å². The SMILES string of the molecule is CCCCCCCCCCCC[n+]1cc(CO)c(C=O)c(O)c1C.[Br-]. The number of aliphatic hydroxyl groups excluding tert-OH is 1. The third kappa shape index (κ3) is 8.32. The molecule has 4 nitrogen and oxygen atoms in total. The van der Waals surface area contributed by atoms with E-state index in [1.165, 1.54) is 57.8 Å². The zero-order valence-corrected chi connectivity index (χ0v) is 17.4. The van der Waals surface area contributed by atoms with E-state index in [4.69, 9.17) is 0 Å². The Kier molecular flexibility index (Phi) is 13.7. The Bertz CT molecular complexity index is 506. The smallest absolute Gasteiger partial charge is 0.221 e. The molecular formula is C20H34BrNO3. The van der Waals surface area contributed by atoms with Gasteiger partial charge in [0.05, 0.1) is 17.7 Å². The summed E-state index contributed by atoms with van der Waals surface area (Å²) in [5.74, 6) is -0.0105. The van der Waals surface area contributed by atoms with Crippen LogP contribution in [0.15, 0.2) is 6.20 Å². The summed E-state index contributed by atoms with van der Waals surface area (Å²) >= 11 is 0. The van der Waals surface area contributed by atoms with Crippen LogP contribution in [0, 0.1) is 6.92 Å². The Morgan fingerprint density at radius 2 is 1.52 bits per heavy atom. The molecule has 0 fully saturated rings. The molecule has 0 unspecified atom stereocenters. The van der Waals surface area contributed by atoms with Gasteiger partial charge in [-0.25, -0.2) is 0 Å². The lowest BCUT2D eigenvalue weighted by Gasteiger charge is -2.08. The number of aldehydes is 1. The van der Waals surface area contributed by atoms with Crippen LogP contribution in [-0.2, 0) is 13.2 Å². The molecule has 0 radical (unpaired) electrons. The first-order valence-electron chi connectivity index (χ1n) is 9.46. The number of aryl methyl sites for hydroxylation is 1. The number of nitrogens with zero attached hydrogens (tertiary/aromatic N) is 1. The molecule has 25 heavy (non-hydrogen) atoms. The predicted octanol–water partition coefficient (Wildman–Crippen LogP) is 1.22. The van der Waals surface area contributed by atoms with E-state index in [0.29, 0.717) is 17.5 Å². The number of carbonyl (C=O) groups is 1. The van der Waals surface area contributed by atoms with Crippen LogP contribution >= 0.6 is 0 Å². The van der Waals surface area contributed by atoms with Gasteiger partial charge in [-0.2, -0.15) is 4.57 Å². The van der Waals surface area contributed by atoms with Crippen LogP contribution in [-0.4, -0.2) is 16.5 Å². The maximum atomic E-state index is 11.0. The van der Waals surface area contributed by atoms with Crippen molar-refractivity contribution in [3.63, 3.8) is 0 Å². The van der Waals surface area contributed by atoms with Crippen molar-refractivity contribution in [1.29, 1.82) is 0 Å². The molecule has 0 aliphatic heterocycles. The number of aromatic hydroxyl groups is 1. The standard InChI is InChI=1S/C20H33NO3.BrH/c1-3-4-5-6-7-8-9-10-11-12-13-21-14-18(15-22)19(16-23)20(24)17(21)2;/h14,16,22H,3-13,15H2,1-2H3;1H. The maximum Gasteiger partial charge on any atom is 0.221 e. The van der Waals surface area contributed by atoms with Crippen molar-refractivity contribution in [3.8, 4) is 5.75 Å². The molecule has 0 saturated carbocycles. The third-order valence-corrected chi connectivity index (χ3v) is 4.73. The molecular weight excluding hydrogens is 382 g/mol. The van der Waals surface area contributed by atoms with Gasteiger partial charge in [-0.05, 0) is 6.42 Å². The molecule has 1 heterocycles. The topological polar surface area (TPSA) is 61.4 Å². The highest BCUT2D eigenvalue weighted by atomic mass is 79.9. The van der Waals surface area contributed by atoms with E-state index in [9.17, 15) is 15.0 Å². The van der Waals surface area contributed by atoms with Crippen LogP contribution in [0.4, 0.5) is 0 Å². The van der Waals surface area contributed by atoms with Gasteiger partial charge in [0.15, 0.2) is 18.2 Å². The summed E-state index contributed by atoms with van der Waals surface area (Å²) in [6.07, 6.45) is 15.3. The summed E-state index contributed by atoms with van der Waals surface area (Å²) in [4.78, 5) is 11.0. The molecule has 1 rings (SSSR count). The number of pyridine rings is 1. The van der Waals surface area contributed by atoms with Crippen molar-refractivity contribution in [2.24, 2.45) is 0 Å². The molecule has 0 bridgehead atoms. The fraction of sp³-hybridized carbons (Fsp3) is 0.700. The number of unbranched alkanes of at least 4 members (excludes halogenated alkanes) is 9. The summed E-state index contributed by atoms with van der Waals surface area (Å²) in [5.41, 5.74) is 1.37. The van der Waals surface area contributed by atoms with Crippen LogP contribution in [0.3, 0.4) is 0 Å². The van der Waals surface area contributed by atoms with Gasteiger partial charge in [0.2, 0.25) is 5.69 Å². The number of aromatic nitrogens is 1. The average Bonchev–Trinajstić information content (AvgIpc) is 2.59. The Hall–Kier alpha value is -0.940. The van der Waals surface area contributed by atoms with E-state index >= 15 is 0 Å². The van der Waals surface area contributed by atoms with Crippen molar-refractivity contribution in [2.75, 3.05) is 0 Å². The van der Waals surface area contributed by atoms with Crippen molar-refractivity contribution in [1.82, 2.24) is 0 Å². The van der Waals surface area contributed by atoms with E-state index in [0.717, 1.165) is 13.0 Å². The minimum Gasteiger partial charge on any atom is -1.00 e. The summed E-state index contributed by atoms with van der Waals surface area (Å²) in [6.45, 7) is 4.62. The average molecular weight is 416 g/mol. The first-order chi connectivity index (χ1) is 11.7. The number of hydrogen-bond donors (Lipinski definition) is 2. The highest BCUT2D eigenvalue weighted by Crippen LogP contribution is 2.21. The molecule has 0 amide bonds. The van der Waals surface area contributed by atoms with Crippen LogP contribution < -0.4 is 21.5 Å². The summed E-state index contributed by atoms with van der Waals surface area (Å²) in [7, 11) is 0. The van der Waals surface area contributed by atoms with Gasteiger partial charge in [-0.15, -0.1) is 0 Å². The van der Waals surface area contributed by atoms with Crippen LogP contribution in [0.5, 0.6) is 5.75 Å². The second-order valence-corrected chi connectivity index (χ2v) is 6.65. The highest BCUT2D eigenvalue weighted by Gasteiger charge is 2.19. The van der Waals surface area contributed by atoms with Crippen molar-refractivity contribution < 1.29 is 36.6 Å². The lowest BCUT2D eigenvalue weighted by Crippen LogP contribution is -3.00. The molecule has 5 heteroatoms. The molecule has 0 spiro atoms. The molecule has 2 N–H and O–H groups in total. The van der Waals surface area contributed by atoms with Crippen LogP contribution in [0.1, 0.15) is 92.7 Å². The predicted molar refractivity (Wildman–Crippen MR) is 96.2 cm³/mol. The van der Waals surface area contributed by atoms with Gasteiger partial charge in [0, 0.05) is 13.3 Å². The number of aliphatic hydroxyl groups is 1. The summed E-state index contributed by atoms with van der Waals surface area (Å²) < 4.78 is 1.94. The van der Waals surface area contributed by atoms with Crippen LogP contribution in [0.2, 0.25) is 0 Å². The zero-order chi connectivity index (χ0) is 17.8. The van der Waals surface area contributed by atoms with Gasteiger partial charge >= 0.3 is 0 Å². The third-order valence-electron chi connectivity index (χ3n) is 4.73. The number of carbonyl (C=O) groups excluding carboxylic acids is 1. The Balaban J connectivity index is 0.00000576. The Labute approximate surface area is 163 Å². The minimum atomic E-state index is -0.236. The van der Waals surface area contributed by atoms with Gasteiger partial charge in [-0.1, -0.05) is 58.3 Å². The lowest BCUT2D eigenvalue weighted by atomic mass is 10.1.